The van der Waals surface area contributed by atoms with E-state index in [1.807, 2.05) is 20.8 Å². The molecule has 0 heterocycles. The van der Waals surface area contributed by atoms with Crippen molar-refractivity contribution >= 4 is 11.6 Å². The molecule has 80 valence electrons. The molecule has 2 atom stereocenters. The summed E-state index contributed by atoms with van der Waals surface area (Å²) < 4.78 is 5.40. The first-order valence-corrected chi connectivity index (χ1v) is 5.45. The second-order valence-corrected chi connectivity index (χ2v) is 4.54. The zero-order valence-corrected chi connectivity index (χ0v) is 9.90. The van der Waals surface area contributed by atoms with Gasteiger partial charge in [-0.2, -0.15) is 0 Å². The summed E-state index contributed by atoms with van der Waals surface area (Å²) in [5.74, 6) is 0. The third-order valence-corrected chi connectivity index (χ3v) is 1.90. The zero-order valence-electron chi connectivity index (χ0n) is 9.14. The summed E-state index contributed by atoms with van der Waals surface area (Å²) in [6, 6.07) is 0.475. The Morgan fingerprint density at radius 2 is 1.85 bits per heavy atom. The smallest absolute Gasteiger partial charge is 0.0594 e. The average molecular weight is 208 g/mol. The van der Waals surface area contributed by atoms with Crippen molar-refractivity contribution in [3.8, 4) is 0 Å². The van der Waals surface area contributed by atoms with Gasteiger partial charge in [-0.3, -0.25) is 0 Å². The van der Waals surface area contributed by atoms with Crippen LogP contribution in [0.25, 0.3) is 0 Å². The minimum Gasteiger partial charge on any atom is -0.377 e. The predicted molar refractivity (Wildman–Crippen MR) is 58.5 cm³/mol. The van der Waals surface area contributed by atoms with Crippen molar-refractivity contribution in [2.75, 3.05) is 13.2 Å². The van der Waals surface area contributed by atoms with Crippen molar-refractivity contribution in [3.63, 3.8) is 0 Å². The fourth-order valence-electron chi connectivity index (χ4n) is 1.17. The molecule has 0 fully saturated rings. The van der Waals surface area contributed by atoms with Gasteiger partial charge in [-0.15, -0.1) is 11.6 Å². The molecule has 0 aromatic carbocycles. The van der Waals surface area contributed by atoms with Crippen LogP contribution in [0.5, 0.6) is 0 Å². The number of rotatable bonds is 7. The van der Waals surface area contributed by atoms with E-state index >= 15 is 0 Å². The van der Waals surface area contributed by atoms with Crippen LogP contribution >= 0.6 is 11.6 Å². The van der Waals surface area contributed by atoms with E-state index in [1.54, 1.807) is 0 Å². The summed E-state index contributed by atoms with van der Waals surface area (Å²) in [5, 5.41) is 3.60. The summed E-state index contributed by atoms with van der Waals surface area (Å²) in [6.07, 6.45) is 1.33. The Morgan fingerprint density at radius 1 is 1.23 bits per heavy atom. The van der Waals surface area contributed by atoms with Gasteiger partial charge in [0, 0.05) is 18.0 Å². The highest BCUT2D eigenvalue weighted by Crippen LogP contribution is 2.03. The first-order valence-electron chi connectivity index (χ1n) is 5.01. The molecule has 2 unspecified atom stereocenters. The number of ether oxygens (including phenoxy) is 1. The van der Waals surface area contributed by atoms with E-state index in [0.717, 1.165) is 19.6 Å². The molecule has 0 saturated heterocycles. The van der Waals surface area contributed by atoms with Crippen molar-refractivity contribution in [2.24, 2.45) is 0 Å². The normalized spacial score (nSPS) is 16.2. The highest BCUT2D eigenvalue weighted by molar-refractivity contribution is 6.20. The van der Waals surface area contributed by atoms with E-state index in [4.69, 9.17) is 16.3 Å². The fourth-order valence-corrected chi connectivity index (χ4v) is 1.44. The van der Waals surface area contributed by atoms with Gasteiger partial charge in [-0.1, -0.05) is 0 Å². The van der Waals surface area contributed by atoms with E-state index in [0.29, 0.717) is 12.1 Å². The van der Waals surface area contributed by atoms with Crippen LogP contribution < -0.4 is 5.32 Å². The standard InChI is InChI=1S/C10H22ClNO/c1-8(2)13-6-5-12-10(4)7-9(3)11/h8-10,12H,5-7H2,1-4H3. The van der Waals surface area contributed by atoms with E-state index < -0.39 is 0 Å². The number of nitrogens with one attached hydrogen (secondary N) is 1. The summed E-state index contributed by atoms with van der Waals surface area (Å²) in [5.41, 5.74) is 0. The second-order valence-electron chi connectivity index (χ2n) is 3.79. The van der Waals surface area contributed by atoms with Gasteiger partial charge in [-0.05, 0) is 34.1 Å². The van der Waals surface area contributed by atoms with E-state index in [9.17, 15) is 0 Å². The van der Waals surface area contributed by atoms with Crippen LogP contribution in [-0.4, -0.2) is 30.7 Å². The molecular formula is C10H22ClNO. The van der Waals surface area contributed by atoms with Crippen LogP contribution in [-0.2, 0) is 4.74 Å². The van der Waals surface area contributed by atoms with Gasteiger partial charge in [0.25, 0.3) is 0 Å². The largest absolute Gasteiger partial charge is 0.377 e. The molecule has 0 radical (unpaired) electrons. The van der Waals surface area contributed by atoms with Crippen LogP contribution in [0.2, 0.25) is 0 Å². The Morgan fingerprint density at radius 3 is 2.31 bits per heavy atom. The molecule has 0 aromatic rings. The third-order valence-electron chi connectivity index (χ3n) is 1.72. The molecule has 0 rings (SSSR count). The molecule has 0 aliphatic carbocycles. The van der Waals surface area contributed by atoms with Gasteiger partial charge in [-0.25, -0.2) is 0 Å². The molecular weight excluding hydrogens is 186 g/mol. The second kappa shape index (κ2) is 7.60. The fraction of sp³-hybridized carbons (Fsp3) is 1.00. The summed E-state index contributed by atoms with van der Waals surface area (Å²) >= 11 is 5.86. The van der Waals surface area contributed by atoms with Crippen LogP contribution in [0.1, 0.15) is 34.1 Å². The SMILES string of the molecule is CC(Cl)CC(C)NCCOC(C)C. The molecule has 0 bridgehead atoms. The quantitative estimate of drug-likeness (QED) is 0.512. The van der Waals surface area contributed by atoms with E-state index in [2.05, 4.69) is 12.2 Å². The van der Waals surface area contributed by atoms with Gasteiger partial charge in [0.1, 0.15) is 0 Å². The van der Waals surface area contributed by atoms with Crippen LogP contribution in [0, 0.1) is 0 Å². The molecule has 0 saturated carbocycles. The lowest BCUT2D eigenvalue weighted by atomic mass is 10.2. The van der Waals surface area contributed by atoms with Crippen LogP contribution in [0.3, 0.4) is 0 Å². The molecule has 3 heteroatoms. The molecule has 0 aromatic heterocycles. The lowest BCUT2D eigenvalue weighted by molar-refractivity contribution is 0.0795. The van der Waals surface area contributed by atoms with Gasteiger partial charge < -0.3 is 10.1 Å². The predicted octanol–water partition coefficient (Wildman–Crippen LogP) is 2.41. The van der Waals surface area contributed by atoms with E-state index in [1.165, 1.54) is 0 Å². The maximum Gasteiger partial charge on any atom is 0.0594 e. The number of alkyl halides is 1. The van der Waals surface area contributed by atoms with Gasteiger partial charge in [0.05, 0.1) is 12.7 Å². The van der Waals surface area contributed by atoms with Crippen LogP contribution in [0.4, 0.5) is 0 Å². The topological polar surface area (TPSA) is 21.3 Å². The monoisotopic (exact) mass is 207 g/mol. The highest BCUT2D eigenvalue weighted by atomic mass is 35.5. The highest BCUT2D eigenvalue weighted by Gasteiger charge is 2.04. The summed E-state index contributed by atoms with van der Waals surface area (Å²) in [7, 11) is 0. The molecule has 13 heavy (non-hydrogen) atoms. The Bertz CT molecular complexity index is 117. The van der Waals surface area contributed by atoms with Crippen LogP contribution in [0.15, 0.2) is 0 Å². The van der Waals surface area contributed by atoms with Gasteiger partial charge in [0.2, 0.25) is 0 Å². The average Bonchev–Trinajstić information content (AvgIpc) is 1.96. The first kappa shape index (κ1) is 13.2. The molecule has 0 amide bonds. The molecule has 0 aliphatic rings. The molecule has 0 spiro atoms. The zero-order chi connectivity index (χ0) is 10.3. The Hall–Kier alpha value is 0.210. The van der Waals surface area contributed by atoms with Gasteiger partial charge in [0.15, 0.2) is 0 Å². The van der Waals surface area contributed by atoms with Crippen molar-refractivity contribution in [2.45, 2.75) is 51.6 Å². The van der Waals surface area contributed by atoms with E-state index in [-0.39, 0.29) is 5.38 Å². The molecule has 1 N–H and O–H groups in total. The maximum atomic E-state index is 5.86. The minimum atomic E-state index is 0.244. The first-order chi connectivity index (χ1) is 6.02. The Labute approximate surface area is 87.0 Å². The van der Waals surface area contributed by atoms with Gasteiger partial charge >= 0.3 is 0 Å². The molecule has 2 nitrogen and oxygen atoms in total. The van der Waals surface area contributed by atoms with Crippen molar-refractivity contribution in [3.05, 3.63) is 0 Å². The maximum absolute atomic E-state index is 5.86. The van der Waals surface area contributed by atoms with Crippen molar-refractivity contribution in [1.82, 2.24) is 5.32 Å². The lowest BCUT2D eigenvalue weighted by Gasteiger charge is -2.15. The summed E-state index contributed by atoms with van der Waals surface area (Å²) in [6.45, 7) is 9.94. The number of halogens is 1. The Balaban J connectivity index is 3.22. The van der Waals surface area contributed by atoms with Crippen molar-refractivity contribution in [1.29, 1.82) is 0 Å². The lowest BCUT2D eigenvalue weighted by Crippen LogP contribution is -2.31. The third kappa shape index (κ3) is 10.1. The molecule has 0 aliphatic heterocycles. The Kier molecular flexibility index (Phi) is 7.72. The van der Waals surface area contributed by atoms with Crippen molar-refractivity contribution < 1.29 is 4.74 Å². The minimum absolute atomic E-state index is 0.244. The number of hydrogen-bond donors (Lipinski definition) is 1. The number of hydrogen-bond acceptors (Lipinski definition) is 2. The summed E-state index contributed by atoms with van der Waals surface area (Å²) in [4.78, 5) is 0.